The number of aromatic nitrogens is 1. The minimum atomic E-state index is -0.328. The van der Waals surface area contributed by atoms with E-state index >= 15 is 0 Å². The summed E-state index contributed by atoms with van der Waals surface area (Å²) in [6.45, 7) is 0. The second-order valence-electron chi connectivity index (χ2n) is 5.64. The lowest BCUT2D eigenvalue weighted by Gasteiger charge is -2.23. The molecule has 0 fully saturated rings. The molecule has 1 aromatic heterocycles. The van der Waals surface area contributed by atoms with Gasteiger partial charge in [0, 0.05) is 22.9 Å². The molecular formula is C18H12ClFN2OS. The third kappa shape index (κ3) is 2.70. The Balaban J connectivity index is 1.81. The Labute approximate surface area is 147 Å². The molecule has 24 heavy (non-hydrogen) atoms. The van der Waals surface area contributed by atoms with Crippen molar-refractivity contribution >= 4 is 34.7 Å². The zero-order chi connectivity index (χ0) is 16.7. The third-order valence-electron chi connectivity index (χ3n) is 4.06. The summed E-state index contributed by atoms with van der Waals surface area (Å²) in [6, 6.07) is 13.7. The molecule has 1 atom stereocenters. The molecule has 2 heterocycles. The van der Waals surface area contributed by atoms with E-state index in [0.29, 0.717) is 28.4 Å². The van der Waals surface area contributed by atoms with Gasteiger partial charge in [0.1, 0.15) is 11.5 Å². The van der Waals surface area contributed by atoms with Crippen LogP contribution in [0.3, 0.4) is 0 Å². The molecule has 0 spiro atoms. The number of anilines is 1. The fourth-order valence-corrected chi connectivity index (χ4v) is 4.03. The molecule has 0 saturated heterocycles. The van der Waals surface area contributed by atoms with Gasteiger partial charge < -0.3 is 5.32 Å². The number of hydrogen-bond donors (Lipinski definition) is 1. The summed E-state index contributed by atoms with van der Waals surface area (Å²) in [6.07, 6.45) is 0.361. The SMILES string of the molecule is O=C1C[C@H](c2ccc(Cl)cc2)c2snc(-c3cccc(F)c3)c2N1. The van der Waals surface area contributed by atoms with Crippen LogP contribution in [0.25, 0.3) is 11.3 Å². The van der Waals surface area contributed by atoms with E-state index in [0.717, 1.165) is 10.4 Å². The highest BCUT2D eigenvalue weighted by molar-refractivity contribution is 7.07. The van der Waals surface area contributed by atoms with Crippen LogP contribution in [0.15, 0.2) is 48.5 Å². The first-order valence-electron chi connectivity index (χ1n) is 7.42. The second-order valence-corrected chi connectivity index (χ2v) is 6.88. The minimum Gasteiger partial charge on any atom is -0.323 e. The summed E-state index contributed by atoms with van der Waals surface area (Å²) in [4.78, 5) is 13.2. The average Bonchev–Trinajstić information content (AvgIpc) is 2.98. The maximum absolute atomic E-state index is 13.5. The Morgan fingerprint density at radius 2 is 2.00 bits per heavy atom. The van der Waals surface area contributed by atoms with Gasteiger partial charge in [0.25, 0.3) is 0 Å². The number of fused-ring (bicyclic) bond motifs is 1. The van der Waals surface area contributed by atoms with Gasteiger partial charge in [0.15, 0.2) is 0 Å². The molecule has 120 valence electrons. The average molecular weight is 359 g/mol. The van der Waals surface area contributed by atoms with Gasteiger partial charge in [-0.1, -0.05) is 35.9 Å². The standard InChI is InChI=1S/C18H12ClFN2OS/c19-12-6-4-10(5-7-12)14-9-15(23)21-17-16(22-24-18(14)17)11-2-1-3-13(20)8-11/h1-8,14H,9H2,(H,21,23)/t14-/m1/s1. The summed E-state index contributed by atoms with van der Waals surface area (Å²) < 4.78 is 18.0. The predicted molar refractivity (Wildman–Crippen MR) is 94.0 cm³/mol. The third-order valence-corrected chi connectivity index (χ3v) is 5.27. The molecule has 0 bridgehead atoms. The normalized spacial score (nSPS) is 16.6. The van der Waals surface area contributed by atoms with Crippen LogP contribution in [-0.2, 0) is 4.79 Å². The van der Waals surface area contributed by atoms with Crippen molar-refractivity contribution in [3.05, 3.63) is 69.8 Å². The van der Waals surface area contributed by atoms with Gasteiger partial charge in [0.2, 0.25) is 5.91 Å². The highest BCUT2D eigenvalue weighted by atomic mass is 35.5. The lowest BCUT2D eigenvalue weighted by molar-refractivity contribution is -0.116. The van der Waals surface area contributed by atoms with E-state index in [1.54, 1.807) is 12.1 Å². The molecule has 0 unspecified atom stereocenters. The van der Waals surface area contributed by atoms with Crippen molar-refractivity contribution in [2.45, 2.75) is 12.3 Å². The van der Waals surface area contributed by atoms with Crippen molar-refractivity contribution < 1.29 is 9.18 Å². The minimum absolute atomic E-state index is 0.0641. The summed E-state index contributed by atoms with van der Waals surface area (Å²) in [5.41, 5.74) is 2.97. The van der Waals surface area contributed by atoms with Crippen molar-refractivity contribution in [3.8, 4) is 11.3 Å². The molecule has 1 N–H and O–H groups in total. The highest BCUT2D eigenvalue weighted by Gasteiger charge is 2.31. The van der Waals surface area contributed by atoms with Crippen LogP contribution in [0.5, 0.6) is 0 Å². The van der Waals surface area contributed by atoms with E-state index in [2.05, 4.69) is 9.69 Å². The first-order chi connectivity index (χ1) is 11.6. The van der Waals surface area contributed by atoms with Gasteiger partial charge in [0.05, 0.1) is 10.6 Å². The molecule has 2 aromatic carbocycles. The molecule has 0 radical (unpaired) electrons. The van der Waals surface area contributed by atoms with Crippen LogP contribution in [0.2, 0.25) is 5.02 Å². The molecule has 4 rings (SSSR count). The van der Waals surface area contributed by atoms with E-state index in [1.165, 1.54) is 23.7 Å². The maximum Gasteiger partial charge on any atom is 0.225 e. The Morgan fingerprint density at radius 1 is 1.21 bits per heavy atom. The number of nitrogens with zero attached hydrogens (tertiary/aromatic N) is 1. The Morgan fingerprint density at radius 3 is 2.75 bits per heavy atom. The van der Waals surface area contributed by atoms with Gasteiger partial charge in [-0.25, -0.2) is 4.39 Å². The zero-order valence-electron chi connectivity index (χ0n) is 12.4. The van der Waals surface area contributed by atoms with Crippen LogP contribution < -0.4 is 5.32 Å². The largest absolute Gasteiger partial charge is 0.323 e. The van der Waals surface area contributed by atoms with Crippen LogP contribution in [-0.4, -0.2) is 10.3 Å². The fraction of sp³-hybridized carbons (Fsp3) is 0.111. The predicted octanol–water partition coefficient (Wildman–Crippen LogP) is 5.08. The van der Waals surface area contributed by atoms with Gasteiger partial charge in [-0.2, -0.15) is 4.37 Å². The number of nitrogens with one attached hydrogen (secondary N) is 1. The number of halogens is 2. The number of carbonyl (C=O) groups is 1. The molecular weight excluding hydrogens is 347 g/mol. The summed E-state index contributed by atoms with van der Waals surface area (Å²) in [5.74, 6) is -0.461. The topological polar surface area (TPSA) is 42.0 Å². The van der Waals surface area contributed by atoms with E-state index in [4.69, 9.17) is 11.6 Å². The van der Waals surface area contributed by atoms with Crippen molar-refractivity contribution in [2.24, 2.45) is 0 Å². The molecule has 0 aliphatic carbocycles. The summed E-state index contributed by atoms with van der Waals surface area (Å²) >= 11 is 7.30. The van der Waals surface area contributed by atoms with Crippen molar-refractivity contribution in [2.75, 3.05) is 5.32 Å². The summed E-state index contributed by atoms with van der Waals surface area (Å²) in [5, 5.41) is 3.55. The van der Waals surface area contributed by atoms with Crippen molar-refractivity contribution in [3.63, 3.8) is 0 Å². The lowest BCUT2D eigenvalue weighted by Crippen LogP contribution is -2.22. The van der Waals surface area contributed by atoms with E-state index < -0.39 is 0 Å². The molecule has 1 aliphatic heterocycles. The monoisotopic (exact) mass is 358 g/mol. The molecule has 3 nitrogen and oxygen atoms in total. The van der Waals surface area contributed by atoms with Crippen LogP contribution >= 0.6 is 23.1 Å². The fourth-order valence-electron chi connectivity index (χ4n) is 2.93. The van der Waals surface area contributed by atoms with Crippen LogP contribution in [0.4, 0.5) is 10.1 Å². The zero-order valence-corrected chi connectivity index (χ0v) is 14.0. The molecule has 3 aromatic rings. The Bertz CT molecular complexity index is 923. The van der Waals surface area contributed by atoms with Gasteiger partial charge in [-0.05, 0) is 41.4 Å². The van der Waals surface area contributed by atoms with Crippen LogP contribution in [0, 0.1) is 5.82 Å². The number of hydrogen-bond acceptors (Lipinski definition) is 3. The smallest absolute Gasteiger partial charge is 0.225 e. The van der Waals surface area contributed by atoms with Gasteiger partial charge in [-0.3, -0.25) is 4.79 Å². The van der Waals surface area contributed by atoms with Crippen LogP contribution in [0.1, 0.15) is 22.8 Å². The first-order valence-corrected chi connectivity index (χ1v) is 8.58. The maximum atomic E-state index is 13.5. The quantitative estimate of drug-likeness (QED) is 0.694. The van der Waals surface area contributed by atoms with Crippen molar-refractivity contribution in [1.82, 2.24) is 4.37 Å². The summed E-state index contributed by atoms with van der Waals surface area (Å²) in [7, 11) is 0. The molecule has 6 heteroatoms. The van der Waals surface area contributed by atoms with E-state index in [1.807, 2.05) is 24.3 Å². The molecule has 1 amide bonds. The number of carbonyl (C=O) groups excluding carboxylic acids is 1. The Kier molecular flexibility index (Phi) is 3.82. The molecule has 1 aliphatic rings. The lowest BCUT2D eigenvalue weighted by atomic mass is 9.89. The van der Waals surface area contributed by atoms with Gasteiger partial charge in [-0.15, -0.1) is 0 Å². The number of amides is 1. The van der Waals surface area contributed by atoms with E-state index in [9.17, 15) is 9.18 Å². The number of benzene rings is 2. The molecule has 0 saturated carbocycles. The van der Waals surface area contributed by atoms with E-state index in [-0.39, 0.29) is 17.6 Å². The first kappa shape index (κ1) is 15.3. The highest BCUT2D eigenvalue weighted by Crippen LogP contribution is 2.44. The van der Waals surface area contributed by atoms with Crippen molar-refractivity contribution in [1.29, 1.82) is 0 Å². The second kappa shape index (κ2) is 6.00. The number of rotatable bonds is 2. The van der Waals surface area contributed by atoms with Gasteiger partial charge >= 0.3 is 0 Å². The Hall–Kier alpha value is -2.24.